The van der Waals surface area contributed by atoms with Crippen molar-refractivity contribution in [1.29, 1.82) is 0 Å². The van der Waals surface area contributed by atoms with Gasteiger partial charge in [0.25, 0.3) is 5.91 Å². The van der Waals surface area contributed by atoms with Crippen LogP contribution in [0.2, 0.25) is 5.02 Å². The first kappa shape index (κ1) is 20.4. The van der Waals surface area contributed by atoms with E-state index in [2.05, 4.69) is 10.1 Å². The molecule has 2 aromatic rings. The van der Waals surface area contributed by atoms with E-state index in [1.165, 1.54) is 30.3 Å². The van der Waals surface area contributed by atoms with Gasteiger partial charge in [0.15, 0.2) is 6.61 Å². The molecule has 1 N–H and O–H groups in total. The normalized spacial score (nSPS) is 10.9. The summed E-state index contributed by atoms with van der Waals surface area (Å²) in [5.41, 5.74) is 1.82. The molecule has 0 saturated heterocycles. The maximum Gasteiger partial charge on any atom is 0.387 e. The largest absolute Gasteiger partial charge is 0.452 e. The van der Waals surface area contributed by atoms with Crippen molar-refractivity contribution in [2.24, 2.45) is 0 Å². The van der Waals surface area contributed by atoms with Gasteiger partial charge in [0.1, 0.15) is 5.75 Å². The van der Waals surface area contributed by atoms with Gasteiger partial charge < -0.3 is 14.8 Å². The molecule has 0 unspecified atom stereocenters. The van der Waals surface area contributed by atoms with Gasteiger partial charge in [-0.3, -0.25) is 4.79 Å². The van der Waals surface area contributed by atoms with Crippen LogP contribution in [0, 0.1) is 6.92 Å². The summed E-state index contributed by atoms with van der Waals surface area (Å²) in [7, 11) is 0. The highest BCUT2D eigenvalue weighted by Gasteiger charge is 2.09. The Morgan fingerprint density at radius 1 is 1.19 bits per heavy atom. The smallest absolute Gasteiger partial charge is 0.387 e. The van der Waals surface area contributed by atoms with Crippen molar-refractivity contribution in [3.05, 3.63) is 64.7 Å². The highest BCUT2D eigenvalue weighted by molar-refractivity contribution is 6.31. The van der Waals surface area contributed by atoms with Crippen LogP contribution in [-0.2, 0) is 14.3 Å². The molecule has 0 fully saturated rings. The van der Waals surface area contributed by atoms with E-state index in [9.17, 15) is 18.4 Å². The highest BCUT2D eigenvalue weighted by Crippen LogP contribution is 2.22. The minimum Gasteiger partial charge on any atom is -0.452 e. The summed E-state index contributed by atoms with van der Waals surface area (Å²) in [4.78, 5) is 23.5. The average Bonchev–Trinajstić information content (AvgIpc) is 2.63. The maximum atomic E-state index is 12.1. The van der Waals surface area contributed by atoms with Crippen molar-refractivity contribution >= 4 is 35.2 Å². The molecule has 0 aliphatic rings. The number of carbonyl (C=O) groups is 2. The van der Waals surface area contributed by atoms with Gasteiger partial charge in [-0.25, -0.2) is 4.79 Å². The third kappa shape index (κ3) is 6.71. The predicted octanol–water partition coefficient (Wildman–Crippen LogP) is 4.44. The van der Waals surface area contributed by atoms with E-state index in [1.807, 2.05) is 0 Å². The molecular weight excluding hydrogens is 380 g/mol. The van der Waals surface area contributed by atoms with Gasteiger partial charge in [-0.1, -0.05) is 29.8 Å². The molecule has 0 aromatic heterocycles. The van der Waals surface area contributed by atoms with Crippen molar-refractivity contribution in [1.82, 2.24) is 0 Å². The summed E-state index contributed by atoms with van der Waals surface area (Å²) in [6, 6.07) is 10.8. The number of esters is 1. The Balaban J connectivity index is 1.82. The number of hydrogen-bond acceptors (Lipinski definition) is 4. The summed E-state index contributed by atoms with van der Waals surface area (Å²) < 4.78 is 33.2. The Labute approximate surface area is 159 Å². The van der Waals surface area contributed by atoms with Crippen molar-refractivity contribution in [3.8, 4) is 5.75 Å². The number of rotatable bonds is 7. The van der Waals surface area contributed by atoms with Crippen LogP contribution in [0.15, 0.2) is 48.5 Å². The molecule has 0 atom stereocenters. The lowest BCUT2D eigenvalue weighted by molar-refractivity contribution is -0.142. The zero-order valence-corrected chi connectivity index (χ0v) is 15.0. The molecule has 0 aliphatic heterocycles. The van der Waals surface area contributed by atoms with Gasteiger partial charge in [0.05, 0.1) is 0 Å². The zero-order valence-electron chi connectivity index (χ0n) is 14.2. The van der Waals surface area contributed by atoms with Gasteiger partial charge in [0, 0.05) is 16.8 Å². The van der Waals surface area contributed by atoms with Gasteiger partial charge in [0.2, 0.25) is 0 Å². The van der Waals surface area contributed by atoms with Crippen molar-refractivity contribution in [3.63, 3.8) is 0 Å². The summed E-state index contributed by atoms with van der Waals surface area (Å²) >= 11 is 5.97. The molecule has 0 spiro atoms. The number of benzene rings is 2. The van der Waals surface area contributed by atoms with Crippen LogP contribution in [-0.4, -0.2) is 25.1 Å². The summed E-state index contributed by atoms with van der Waals surface area (Å²) in [5, 5.41) is 3.11. The van der Waals surface area contributed by atoms with Crippen LogP contribution >= 0.6 is 11.6 Å². The number of anilines is 1. The second-order valence-electron chi connectivity index (χ2n) is 5.35. The lowest BCUT2D eigenvalue weighted by atomic mass is 10.2. The molecule has 0 saturated carbocycles. The SMILES string of the molecule is Cc1c(Cl)cccc1NC(=O)COC(=O)/C=C/c1ccc(OC(F)F)cc1. The lowest BCUT2D eigenvalue weighted by Crippen LogP contribution is -2.20. The van der Waals surface area contributed by atoms with Crippen LogP contribution in [0.5, 0.6) is 5.75 Å². The molecule has 142 valence electrons. The Kier molecular flexibility index (Phi) is 7.31. The second kappa shape index (κ2) is 9.68. The molecule has 27 heavy (non-hydrogen) atoms. The third-order valence-corrected chi connectivity index (χ3v) is 3.81. The molecule has 0 bridgehead atoms. The standard InChI is InChI=1S/C19H16ClF2NO4/c1-12-15(20)3-2-4-16(12)23-17(24)11-26-18(25)10-7-13-5-8-14(9-6-13)27-19(21)22/h2-10,19H,11H2,1H3,(H,23,24)/b10-7+. The molecule has 2 aromatic carbocycles. The predicted molar refractivity (Wildman–Crippen MR) is 97.9 cm³/mol. The summed E-state index contributed by atoms with van der Waals surface area (Å²) in [6.07, 6.45) is 2.55. The monoisotopic (exact) mass is 395 g/mol. The molecule has 0 radical (unpaired) electrons. The van der Waals surface area contributed by atoms with E-state index in [-0.39, 0.29) is 5.75 Å². The van der Waals surface area contributed by atoms with E-state index in [0.717, 1.165) is 6.08 Å². The first-order valence-corrected chi connectivity index (χ1v) is 8.17. The summed E-state index contributed by atoms with van der Waals surface area (Å²) in [5.74, 6) is -1.21. The van der Waals surface area contributed by atoms with Gasteiger partial charge >= 0.3 is 12.6 Å². The summed E-state index contributed by atoms with van der Waals surface area (Å²) in [6.45, 7) is -1.61. The molecule has 0 heterocycles. The van der Waals surface area contributed by atoms with Crippen LogP contribution in [0.3, 0.4) is 0 Å². The number of ether oxygens (including phenoxy) is 2. The molecule has 1 amide bonds. The minimum atomic E-state index is -2.90. The first-order chi connectivity index (χ1) is 12.8. The van der Waals surface area contributed by atoms with Gasteiger partial charge in [-0.05, 0) is 48.4 Å². The van der Waals surface area contributed by atoms with Gasteiger partial charge in [-0.2, -0.15) is 8.78 Å². The topological polar surface area (TPSA) is 64.6 Å². The third-order valence-electron chi connectivity index (χ3n) is 3.40. The minimum absolute atomic E-state index is 0.0118. The van der Waals surface area contributed by atoms with Crippen LogP contribution in [0.1, 0.15) is 11.1 Å². The fourth-order valence-corrected chi connectivity index (χ4v) is 2.21. The van der Waals surface area contributed by atoms with Gasteiger partial charge in [-0.15, -0.1) is 0 Å². The highest BCUT2D eigenvalue weighted by atomic mass is 35.5. The second-order valence-corrected chi connectivity index (χ2v) is 5.76. The molecule has 2 rings (SSSR count). The van der Waals surface area contributed by atoms with E-state index < -0.39 is 25.1 Å². The zero-order chi connectivity index (χ0) is 19.8. The van der Waals surface area contributed by atoms with Crippen molar-refractivity contribution < 1.29 is 27.8 Å². The van der Waals surface area contributed by atoms with Crippen LogP contribution in [0.4, 0.5) is 14.5 Å². The van der Waals surface area contributed by atoms with Crippen molar-refractivity contribution in [2.75, 3.05) is 11.9 Å². The number of alkyl halides is 2. The molecular formula is C19H16ClF2NO4. The quantitative estimate of drug-likeness (QED) is 0.556. The molecule has 5 nitrogen and oxygen atoms in total. The molecule has 8 heteroatoms. The fraction of sp³-hybridized carbons (Fsp3) is 0.158. The molecule has 0 aliphatic carbocycles. The van der Waals surface area contributed by atoms with Crippen molar-refractivity contribution in [2.45, 2.75) is 13.5 Å². The number of carbonyl (C=O) groups excluding carboxylic acids is 2. The number of hydrogen-bond donors (Lipinski definition) is 1. The van der Waals surface area contributed by atoms with Crippen LogP contribution < -0.4 is 10.1 Å². The van der Waals surface area contributed by atoms with Crippen LogP contribution in [0.25, 0.3) is 6.08 Å². The fourth-order valence-electron chi connectivity index (χ4n) is 2.04. The number of halogens is 3. The Hall–Kier alpha value is -2.93. The van der Waals surface area contributed by atoms with E-state index in [1.54, 1.807) is 25.1 Å². The van der Waals surface area contributed by atoms with E-state index >= 15 is 0 Å². The maximum absolute atomic E-state index is 12.1. The number of nitrogens with one attached hydrogen (secondary N) is 1. The Bertz CT molecular complexity index is 838. The van der Waals surface area contributed by atoms with E-state index in [4.69, 9.17) is 16.3 Å². The Morgan fingerprint density at radius 3 is 2.56 bits per heavy atom. The first-order valence-electron chi connectivity index (χ1n) is 7.80. The lowest BCUT2D eigenvalue weighted by Gasteiger charge is -2.09. The number of amides is 1. The van der Waals surface area contributed by atoms with E-state index in [0.29, 0.717) is 21.8 Å². The average molecular weight is 396 g/mol. The Morgan fingerprint density at radius 2 is 1.89 bits per heavy atom.